The molecule has 0 spiro atoms. The van der Waals surface area contributed by atoms with Gasteiger partial charge in [-0.1, -0.05) is 0 Å². The third-order valence-corrected chi connectivity index (χ3v) is 3.24. The molecule has 0 aliphatic rings. The van der Waals surface area contributed by atoms with Crippen molar-refractivity contribution in [1.29, 1.82) is 0 Å². The van der Waals surface area contributed by atoms with Crippen molar-refractivity contribution in [2.75, 3.05) is 11.9 Å². The number of ether oxygens (including phenoxy) is 1. The summed E-state index contributed by atoms with van der Waals surface area (Å²) in [7, 11) is 0. The summed E-state index contributed by atoms with van der Waals surface area (Å²) < 4.78 is 6.38. The lowest BCUT2D eigenvalue weighted by atomic mass is 10.2. The fraction of sp³-hybridized carbons (Fsp3) is 0.267. The highest BCUT2D eigenvalue weighted by atomic mass is 16.6. The molecule has 25 heavy (non-hydrogen) atoms. The van der Waals surface area contributed by atoms with Gasteiger partial charge in [-0.25, -0.2) is 4.79 Å². The number of rotatable bonds is 8. The number of aromatic carboxylic acids is 1. The first-order valence-corrected chi connectivity index (χ1v) is 7.38. The molecule has 0 bridgehead atoms. The Hall–Kier alpha value is -3.43. The van der Waals surface area contributed by atoms with Gasteiger partial charge >= 0.3 is 5.97 Å². The number of anilines is 1. The van der Waals surface area contributed by atoms with Crippen molar-refractivity contribution >= 4 is 23.3 Å². The van der Waals surface area contributed by atoms with Gasteiger partial charge in [-0.2, -0.15) is 5.10 Å². The van der Waals surface area contributed by atoms with Crippen molar-refractivity contribution in [1.82, 2.24) is 9.78 Å². The molecule has 1 amide bonds. The molecule has 0 saturated carbocycles. The van der Waals surface area contributed by atoms with Crippen molar-refractivity contribution in [2.45, 2.75) is 19.9 Å². The maximum Gasteiger partial charge on any atom is 0.354 e. The molecule has 1 aromatic heterocycles. The van der Waals surface area contributed by atoms with Crippen LogP contribution in [0.4, 0.5) is 11.4 Å². The average molecular weight is 348 g/mol. The minimum Gasteiger partial charge on any atom is -0.494 e. The topological polar surface area (TPSA) is 137 Å². The van der Waals surface area contributed by atoms with Gasteiger partial charge in [0, 0.05) is 12.6 Å². The van der Waals surface area contributed by atoms with Gasteiger partial charge in [0.25, 0.3) is 5.69 Å². The Morgan fingerprint density at radius 3 is 2.80 bits per heavy atom. The lowest BCUT2D eigenvalue weighted by Gasteiger charge is -2.09. The van der Waals surface area contributed by atoms with Gasteiger partial charge in [-0.15, -0.1) is 0 Å². The number of nitrogens with zero attached hydrogens (tertiary/aromatic N) is 3. The van der Waals surface area contributed by atoms with Crippen LogP contribution in [0, 0.1) is 10.1 Å². The van der Waals surface area contributed by atoms with Crippen LogP contribution in [-0.2, 0) is 11.3 Å². The molecule has 0 radical (unpaired) electrons. The number of nitro benzene ring substituents is 1. The van der Waals surface area contributed by atoms with E-state index in [2.05, 4.69) is 10.4 Å². The second kappa shape index (κ2) is 7.90. The highest BCUT2D eigenvalue weighted by molar-refractivity contribution is 5.93. The van der Waals surface area contributed by atoms with E-state index in [4.69, 9.17) is 9.84 Å². The van der Waals surface area contributed by atoms with Crippen molar-refractivity contribution < 1.29 is 24.4 Å². The smallest absolute Gasteiger partial charge is 0.354 e. The minimum atomic E-state index is -1.15. The second-order valence-corrected chi connectivity index (χ2v) is 4.91. The van der Waals surface area contributed by atoms with Gasteiger partial charge in [0.2, 0.25) is 5.91 Å². The molecule has 1 heterocycles. The SMILES string of the molecule is CCOc1ccc(NC(=O)CCn2nccc2C(=O)O)c([N+](=O)[O-])c1. The Bertz CT molecular complexity index is 801. The molecule has 0 atom stereocenters. The molecule has 1 aromatic carbocycles. The number of aromatic nitrogens is 2. The van der Waals surface area contributed by atoms with Crippen LogP contribution in [0.15, 0.2) is 30.5 Å². The number of amides is 1. The molecule has 0 unspecified atom stereocenters. The number of carbonyl (C=O) groups is 2. The minimum absolute atomic E-state index is 0.0330. The Balaban J connectivity index is 2.06. The van der Waals surface area contributed by atoms with Crippen LogP contribution in [0.2, 0.25) is 0 Å². The third-order valence-electron chi connectivity index (χ3n) is 3.24. The van der Waals surface area contributed by atoms with Gasteiger partial charge in [0.05, 0.1) is 24.1 Å². The molecule has 10 nitrogen and oxygen atoms in total. The summed E-state index contributed by atoms with van der Waals surface area (Å²) in [4.78, 5) is 33.5. The molecule has 0 saturated heterocycles. The first-order valence-electron chi connectivity index (χ1n) is 7.38. The van der Waals surface area contributed by atoms with Crippen LogP contribution in [0.5, 0.6) is 5.75 Å². The van der Waals surface area contributed by atoms with E-state index in [-0.39, 0.29) is 30.0 Å². The fourth-order valence-electron chi connectivity index (χ4n) is 2.14. The Labute approximate surface area is 142 Å². The van der Waals surface area contributed by atoms with E-state index < -0.39 is 16.8 Å². The van der Waals surface area contributed by atoms with Crippen LogP contribution in [-0.4, -0.2) is 38.3 Å². The molecule has 0 fully saturated rings. The quantitative estimate of drug-likeness (QED) is 0.549. The van der Waals surface area contributed by atoms with Crippen LogP contribution < -0.4 is 10.1 Å². The zero-order valence-electron chi connectivity index (χ0n) is 13.3. The van der Waals surface area contributed by atoms with E-state index in [0.717, 1.165) is 0 Å². The molecular formula is C15H16N4O6. The van der Waals surface area contributed by atoms with Crippen LogP contribution in [0.25, 0.3) is 0 Å². The van der Waals surface area contributed by atoms with Crippen molar-refractivity contribution in [2.24, 2.45) is 0 Å². The predicted octanol–water partition coefficient (Wildman–Crippen LogP) is 1.92. The zero-order chi connectivity index (χ0) is 18.4. The van der Waals surface area contributed by atoms with Crippen molar-refractivity contribution in [3.63, 3.8) is 0 Å². The number of aryl methyl sites for hydroxylation is 1. The number of nitrogens with one attached hydrogen (secondary N) is 1. The molecular weight excluding hydrogens is 332 g/mol. The summed E-state index contributed by atoms with van der Waals surface area (Å²) >= 11 is 0. The average Bonchev–Trinajstić information content (AvgIpc) is 3.03. The molecule has 2 rings (SSSR count). The molecule has 10 heteroatoms. The largest absolute Gasteiger partial charge is 0.494 e. The summed E-state index contributed by atoms with van der Waals surface area (Å²) in [5, 5.41) is 26.4. The number of carboxylic acids is 1. The summed E-state index contributed by atoms with van der Waals surface area (Å²) in [5.41, 5.74) is -0.290. The number of carbonyl (C=O) groups excluding carboxylic acids is 1. The molecule has 0 aliphatic carbocycles. The van der Waals surface area contributed by atoms with Gasteiger partial charge in [0.15, 0.2) is 0 Å². The van der Waals surface area contributed by atoms with E-state index in [1.165, 1.54) is 35.1 Å². The molecule has 132 valence electrons. The molecule has 0 aliphatic heterocycles. The number of carboxylic acid groups (broad SMARTS) is 1. The number of hydrogen-bond donors (Lipinski definition) is 2. The first-order chi connectivity index (χ1) is 11.9. The van der Waals surface area contributed by atoms with Gasteiger partial charge < -0.3 is 15.2 Å². The van der Waals surface area contributed by atoms with E-state index in [0.29, 0.717) is 12.4 Å². The summed E-state index contributed by atoms with van der Waals surface area (Å²) in [6, 6.07) is 5.45. The van der Waals surface area contributed by atoms with E-state index in [1.54, 1.807) is 6.92 Å². The highest BCUT2D eigenvalue weighted by Gasteiger charge is 2.18. The Morgan fingerprint density at radius 2 is 2.16 bits per heavy atom. The fourth-order valence-corrected chi connectivity index (χ4v) is 2.14. The predicted molar refractivity (Wildman–Crippen MR) is 86.7 cm³/mol. The summed E-state index contributed by atoms with van der Waals surface area (Å²) in [6.45, 7) is 2.14. The number of hydrogen-bond acceptors (Lipinski definition) is 6. The Kier molecular flexibility index (Phi) is 5.66. The monoisotopic (exact) mass is 348 g/mol. The zero-order valence-corrected chi connectivity index (χ0v) is 13.3. The standard InChI is InChI=1S/C15H16N4O6/c1-2-25-10-3-4-11(13(9-10)19(23)24)17-14(20)6-8-18-12(15(21)22)5-7-16-18/h3-5,7,9H,2,6,8H2,1H3,(H,17,20)(H,21,22). The van der Waals surface area contributed by atoms with Gasteiger partial charge in [-0.3, -0.25) is 19.6 Å². The Morgan fingerprint density at radius 1 is 1.40 bits per heavy atom. The van der Waals surface area contributed by atoms with E-state index >= 15 is 0 Å². The third kappa shape index (κ3) is 4.53. The van der Waals surface area contributed by atoms with Gasteiger partial charge in [-0.05, 0) is 25.1 Å². The summed E-state index contributed by atoms with van der Waals surface area (Å²) in [5.74, 6) is -1.33. The van der Waals surface area contributed by atoms with E-state index in [9.17, 15) is 19.7 Å². The van der Waals surface area contributed by atoms with Gasteiger partial charge in [0.1, 0.15) is 17.1 Å². The normalized spacial score (nSPS) is 10.3. The molecule has 2 aromatic rings. The summed E-state index contributed by atoms with van der Waals surface area (Å²) in [6.07, 6.45) is 1.23. The maximum absolute atomic E-state index is 12.0. The van der Waals surface area contributed by atoms with Crippen LogP contribution in [0.3, 0.4) is 0 Å². The lowest BCUT2D eigenvalue weighted by molar-refractivity contribution is -0.384. The first kappa shape index (κ1) is 17.9. The maximum atomic E-state index is 12.0. The van der Waals surface area contributed by atoms with E-state index in [1.807, 2.05) is 0 Å². The van der Waals surface area contributed by atoms with Crippen molar-refractivity contribution in [3.05, 3.63) is 46.3 Å². The molecule has 2 N–H and O–H groups in total. The lowest BCUT2D eigenvalue weighted by Crippen LogP contribution is -2.18. The van der Waals surface area contributed by atoms with Crippen LogP contribution >= 0.6 is 0 Å². The number of nitro groups is 1. The number of benzene rings is 1. The van der Waals surface area contributed by atoms with Crippen LogP contribution in [0.1, 0.15) is 23.8 Å². The highest BCUT2D eigenvalue weighted by Crippen LogP contribution is 2.29. The second-order valence-electron chi connectivity index (χ2n) is 4.91. The van der Waals surface area contributed by atoms with Crippen molar-refractivity contribution in [3.8, 4) is 5.75 Å².